The highest BCUT2D eigenvalue weighted by atomic mass is 19.1. The van der Waals surface area contributed by atoms with Crippen molar-refractivity contribution in [1.82, 2.24) is 4.98 Å². The molecule has 3 N–H and O–H groups in total. The number of benzene rings is 2. The second kappa shape index (κ2) is 10.9. The van der Waals surface area contributed by atoms with Crippen molar-refractivity contribution in [3.05, 3.63) is 77.6 Å². The van der Waals surface area contributed by atoms with Crippen LogP contribution in [0.2, 0.25) is 0 Å². The predicted molar refractivity (Wildman–Crippen MR) is 120 cm³/mol. The molecule has 0 radical (unpaired) electrons. The Hall–Kier alpha value is -3.46. The molecule has 0 atom stereocenters. The van der Waals surface area contributed by atoms with E-state index >= 15 is 4.39 Å². The minimum atomic E-state index is -1.37. The molecular weight excluding hydrogens is 436 g/mol. The van der Waals surface area contributed by atoms with Crippen LogP contribution in [-0.4, -0.2) is 30.5 Å². The number of carbonyl (C=O) groups excluding carboxylic acids is 1. The van der Waals surface area contributed by atoms with Gasteiger partial charge in [-0.1, -0.05) is 13.0 Å². The molecule has 1 amide bonds. The molecule has 9 heteroatoms. The molecule has 0 aliphatic rings. The van der Waals surface area contributed by atoms with Crippen molar-refractivity contribution >= 4 is 17.3 Å². The lowest BCUT2D eigenvalue weighted by Crippen LogP contribution is -2.28. The number of aromatic nitrogens is 1. The first-order chi connectivity index (χ1) is 15.9. The molecule has 0 aliphatic heterocycles. The van der Waals surface area contributed by atoms with Crippen LogP contribution in [0.5, 0.6) is 0 Å². The van der Waals surface area contributed by atoms with E-state index in [-0.39, 0.29) is 0 Å². The topological polar surface area (TPSA) is 71.2 Å². The Labute approximate surface area is 189 Å². The number of carbonyl (C=O) groups is 1. The van der Waals surface area contributed by atoms with Crippen LogP contribution in [0.25, 0.3) is 11.1 Å². The lowest BCUT2D eigenvalue weighted by Gasteiger charge is -2.26. The standard InChI is InChI=1S/C24H24F4N4O/c1-2-12-32(13-4-10-29)20-9-11-30-14-19(20)31-24(33)15-7-8-18(27)22(23(15)28)21-16(25)5-3-6-17(21)26/h3,5-9,11,14H,2,4,10,12-13,29H2,1H3,(H,31,33). The third-order valence-electron chi connectivity index (χ3n) is 5.06. The quantitative estimate of drug-likeness (QED) is 0.435. The summed E-state index contributed by atoms with van der Waals surface area (Å²) >= 11 is 0. The number of amides is 1. The van der Waals surface area contributed by atoms with Gasteiger partial charge in [0.25, 0.3) is 5.91 Å². The summed E-state index contributed by atoms with van der Waals surface area (Å²) in [6.45, 7) is 3.82. The number of hydrogen-bond donors (Lipinski definition) is 2. The number of anilines is 2. The van der Waals surface area contributed by atoms with Crippen LogP contribution in [0.15, 0.2) is 48.8 Å². The molecule has 0 aliphatic carbocycles. The maximum absolute atomic E-state index is 15.2. The van der Waals surface area contributed by atoms with Crippen LogP contribution < -0.4 is 16.0 Å². The van der Waals surface area contributed by atoms with E-state index in [4.69, 9.17) is 5.73 Å². The van der Waals surface area contributed by atoms with E-state index in [9.17, 15) is 18.0 Å². The summed E-state index contributed by atoms with van der Waals surface area (Å²) in [4.78, 5) is 19.0. The summed E-state index contributed by atoms with van der Waals surface area (Å²) in [7, 11) is 0. The first-order valence-electron chi connectivity index (χ1n) is 10.5. The van der Waals surface area contributed by atoms with Gasteiger partial charge >= 0.3 is 0 Å². The molecule has 3 rings (SSSR count). The molecule has 0 bridgehead atoms. The van der Waals surface area contributed by atoms with Gasteiger partial charge < -0.3 is 16.0 Å². The van der Waals surface area contributed by atoms with Crippen molar-refractivity contribution < 1.29 is 22.4 Å². The average Bonchev–Trinajstić information content (AvgIpc) is 2.79. The molecule has 0 spiro atoms. The van der Waals surface area contributed by atoms with Crippen LogP contribution in [0.1, 0.15) is 30.1 Å². The van der Waals surface area contributed by atoms with Gasteiger partial charge in [0.15, 0.2) is 0 Å². The number of nitrogens with two attached hydrogens (primary N) is 1. The van der Waals surface area contributed by atoms with Gasteiger partial charge in [-0.25, -0.2) is 17.6 Å². The zero-order chi connectivity index (χ0) is 24.0. The van der Waals surface area contributed by atoms with Crippen LogP contribution in [0.3, 0.4) is 0 Å². The lowest BCUT2D eigenvalue weighted by atomic mass is 9.99. The number of nitrogens with zero attached hydrogens (tertiary/aromatic N) is 2. The normalized spacial score (nSPS) is 10.8. The average molecular weight is 460 g/mol. The van der Waals surface area contributed by atoms with Gasteiger partial charge in [-0.3, -0.25) is 9.78 Å². The largest absolute Gasteiger partial charge is 0.370 e. The van der Waals surface area contributed by atoms with Gasteiger partial charge in [-0.05, 0) is 49.7 Å². The molecule has 0 saturated heterocycles. The number of nitrogens with one attached hydrogen (secondary N) is 1. The number of rotatable bonds is 9. The predicted octanol–water partition coefficient (Wildman–Crippen LogP) is 5.12. The number of halogens is 4. The fraction of sp³-hybridized carbons (Fsp3) is 0.250. The molecule has 0 saturated carbocycles. The van der Waals surface area contributed by atoms with E-state index in [1.54, 1.807) is 12.3 Å². The molecule has 1 aromatic heterocycles. The third kappa shape index (κ3) is 5.31. The van der Waals surface area contributed by atoms with Crippen molar-refractivity contribution in [2.45, 2.75) is 19.8 Å². The van der Waals surface area contributed by atoms with E-state index in [0.29, 0.717) is 31.0 Å². The van der Waals surface area contributed by atoms with Gasteiger partial charge in [-0.2, -0.15) is 0 Å². The summed E-state index contributed by atoms with van der Waals surface area (Å²) in [6.07, 6.45) is 4.54. The Morgan fingerprint density at radius 2 is 1.70 bits per heavy atom. The Balaban J connectivity index is 1.99. The molecular formula is C24H24F4N4O. The second-order valence-electron chi connectivity index (χ2n) is 7.36. The van der Waals surface area contributed by atoms with Gasteiger partial charge in [0.2, 0.25) is 0 Å². The van der Waals surface area contributed by atoms with Gasteiger partial charge in [0, 0.05) is 19.3 Å². The Morgan fingerprint density at radius 3 is 2.36 bits per heavy atom. The fourth-order valence-electron chi connectivity index (χ4n) is 3.55. The van der Waals surface area contributed by atoms with Crippen molar-refractivity contribution in [3.63, 3.8) is 0 Å². The van der Waals surface area contributed by atoms with E-state index in [0.717, 1.165) is 43.2 Å². The molecule has 5 nitrogen and oxygen atoms in total. The summed E-state index contributed by atoms with van der Waals surface area (Å²) in [5, 5.41) is 2.59. The van der Waals surface area contributed by atoms with Gasteiger partial charge in [0.05, 0.1) is 34.3 Å². The SMILES string of the molecule is CCCN(CCCN)c1ccncc1NC(=O)c1ccc(F)c(-c2c(F)cccc2F)c1F. The first kappa shape index (κ1) is 24.2. The summed E-state index contributed by atoms with van der Waals surface area (Å²) in [5.74, 6) is -5.75. The smallest absolute Gasteiger partial charge is 0.258 e. The zero-order valence-electron chi connectivity index (χ0n) is 18.0. The van der Waals surface area contributed by atoms with E-state index in [1.807, 2.05) is 11.8 Å². The Morgan fingerprint density at radius 1 is 1.00 bits per heavy atom. The molecule has 1 heterocycles. The molecule has 174 valence electrons. The van der Waals surface area contributed by atoms with Crippen LogP contribution in [0.4, 0.5) is 28.9 Å². The Kier molecular flexibility index (Phi) is 8.00. The zero-order valence-corrected chi connectivity index (χ0v) is 18.0. The maximum Gasteiger partial charge on any atom is 0.258 e. The molecule has 0 fully saturated rings. The van der Waals surface area contributed by atoms with Gasteiger partial charge in [-0.15, -0.1) is 0 Å². The molecule has 3 aromatic rings. The van der Waals surface area contributed by atoms with Crippen molar-refractivity contribution in [2.75, 3.05) is 29.9 Å². The summed E-state index contributed by atoms with van der Waals surface area (Å²) in [6, 6.07) is 6.29. The Bertz CT molecular complexity index is 1120. The first-order valence-corrected chi connectivity index (χ1v) is 10.5. The summed E-state index contributed by atoms with van der Waals surface area (Å²) < 4.78 is 58.0. The van der Waals surface area contributed by atoms with Crippen molar-refractivity contribution in [2.24, 2.45) is 5.73 Å². The van der Waals surface area contributed by atoms with E-state index < -0.39 is 45.9 Å². The monoisotopic (exact) mass is 460 g/mol. The molecule has 2 aromatic carbocycles. The minimum Gasteiger partial charge on any atom is -0.370 e. The van der Waals surface area contributed by atoms with Crippen LogP contribution in [-0.2, 0) is 0 Å². The van der Waals surface area contributed by atoms with Crippen LogP contribution in [0, 0.1) is 23.3 Å². The highest BCUT2D eigenvalue weighted by Crippen LogP contribution is 2.33. The van der Waals surface area contributed by atoms with E-state index in [2.05, 4.69) is 10.3 Å². The van der Waals surface area contributed by atoms with Crippen molar-refractivity contribution in [1.29, 1.82) is 0 Å². The second-order valence-corrected chi connectivity index (χ2v) is 7.36. The molecule has 0 unspecified atom stereocenters. The third-order valence-corrected chi connectivity index (χ3v) is 5.06. The summed E-state index contributed by atoms with van der Waals surface area (Å²) in [5.41, 5.74) is 4.22. The lowest BCUT2D eigenvalue weighted by molar-refractivity contribution is 0.102. The van der Waals surface area contributed by atoms with Crippen molar-refractivity contribution in [3.8, 4) is 11.1 Å². The number of hydrogen-bond acceptors (Lipinski definition) is 4. The number of pyridine rings is 1. The highest BCUT2D eigenvalue weighted by molar-refractivity contribution is 6.06. The van der Waals surface area contributed by atoms with Crippen LogP contribution >= 0.6 is 0 Å². The maximum atomic E-state index is 15.2. The molecule has 33 heavy (non-hydrogen) atoms. The minimum absolute atomic E-state index is 0.315. The fourth-order valence-corrected chi connectivity index (χ4v) is 3.55. The highest BCUT2D eigenvalue weighted by Gasteiger charge is 2.25. The van der Waals surface area contributed by atoms with Gasteiger partial charge in [0.1, 0.15) is 23.3 Å². The van der Waals surface area contributed by atoms with E-state index in [1.165, 1.54) is 6.20 Å².